The summed E-state index contributed by atoms with van der Waals surface area (Å²) in [4.78, 5) is 45.4. The highest BCUT2D eigenvalue weighted by Gasteiger charge is 2.77. The van der Waals surface area contributed by atoms with Gasteiger partial charge in [0.25, 0.3) is 0 Å². The molecule has 3 heterocycles. The second-order valence-corrected chi connectivity index (χ2v) is 12.0. The first-order chi connectivity index (χ1) is 17.9. The van der Waals surface area contributed by atoms with Crippen LogP contribution in [0.2, 0.25) is 0 Å². The van der Waals surface area contributed by atoms with Crippen molar-refractivity contribution < 1.29 is 24.2 Å². The van der Waals surface area contributed by atoms with E-state index in [2.05, 4.69) is 20.4 Å². The molecule has 0 radical (unpaired) electrons. The molecule has 1 spiro atoms. The van der Waals surface area contributed by atoms with Crippen molar-refractivity contribution in [3.05, 3.63) is 48.6 Å². The van der Waals surface area contributed by atoms with Crippen molar-refractivity contribution in [3.8, 4) is 0 Å². The van der Waals surface area contributed by atoms with Gasteiger partial charge in [-0.3, -0.25) is 14.4 Å². The second-order valence-electron chi connectivity index (χ2n) is 10.4. The maximum absolute atomic E-state index is 14.5. The standard InChI is InChI=1S/C29H40N2O5S/c1-5-8-12-16-30(15-6-2)27(34)25-29-19(4)17-22(37-29)23(28(35)36-7-3)24(29)26(33)31(25)21(18-32)20-13-10-9-11-14-20/h6,9-11,13-14,19,21-25,32H,2,5,7-8,12,15-18H2,1,3-4H3/t19?,21-,22-,23+,24+,25?,29?/m1/s1. The van der Waals surface area contributed by atoms with E-state index in [1.165, 1.54) is 0 Å². The molecule has 1 aromatic carbocycles. The first-order valence-corrected chi connectivity index (χ1v) is 14.5. The molecule has 4 rings (SSSR count). The Morgan fingerprint density at radius 2 is 2.03 bits per heavy atom. The van der Waals surface area contributed by atoms with Crippen LogP contribution in [0.4, 0.5) is 0 Å². The molecule has 3 unspecified atom stereocenters. The molecular formula is C29H40N2O5S. The van der Waals surface area contributed by atoms with E-state index in [4.69, 9.17) is 4.74 Å². The Labute approximate surface area is 224 Å². The molecule has 0 saturated carbocycles. The van der Waals surface area contributed by atoms with Crippen LogP contribution in [0.15, 0.2) is 43.0 Å². The van der Waals surface area contributed by atoms with Crippen molar-refractivity contribution in [1.82, 2.24) is 9.80 Å². The van der Waals surface area contributed by atoms with Crippen LogP contribution >= 0.6 is 11.8 Å². The van der Waals surface area contributed by atoms with Crippen molar-refractivity contribution in [2.24, 2.45) is 17.8 Å². The lowest BCUT2D eigenvalue weighted by atomic mass is 9.66. The predicted molar refractivity (Wildman–Crippen MR) is 145 cm³/mol. The predicted octanol–water partition coefficient (Wildman–Crippen LogP) is 3.83. The number of carbonyl (C=O) groups excluding carboxylic acids is 3. The monoisotopic (exact) mass is 528 g/mol. The fourth-order valence-corrected chi connectivity index (χ4v) is 9.17. The van der Waals surface area contributed by atoms with E-state index in [0.29, 0.717) is 13.1 Å². The van der Waals surface area contributed by atoms with Crippen LogP contribution in [-0.4, -0.2) is 75.0 Å². The molecule has 7 nitrogen and oxygen atoms in total. The number of aliphatic hydroxyl groups excluding tert-OH is 1. The summed E-state index contributed by atoms with van der Waals surface area (Å²) >= 11 is 1.63. The number of aliphatic hydroxyl groups is 1. The summed E-state index contributed by atoms with van der Waals surface area (Å²) in [6.45, 7) is 10.8. The second kappa shape index (κ2) is 11.6. The minimum absolute atomic E-state index is 0.0532. The third-order valence-corrected chi connectivity index (χ3v) is 10.4. The van der Waals surface area contributed by atoms with E-state index in [1.54, 1.807) is 29.7 Å². The lowest BCUT2D eigenvalue weighted by Crippen LogP contribution is -2.58. The largest absolute Gasteiger partial charge is 0.466 e. The van der Waals surface area contributed by atoms with Gasteiger partial charge in [-0.2, -0.15) is 0 Å². The maximum atomic E-state index is 14.5. The number of hydrogen-bond donors (Lipinski definition) is 1. The summed E-state index contributed by atoms with van der Waals surface area (Å²) in [7, 11) is 0. The number of ether oxygens (including phenoxy) is 1. The number of hydrogen-bond acceptors (Lipinski definition) is 6. The number of esters is 1. The van der Waals surface area contributed by atoms with Gasteiger partial charge in [-0.1, -0.05) is 63.1 Å². The number of thioether (sulfide) groups is 1. The molecule has 3 saturated heterocycles. The molecular weight excluding hydrogens is 488 g/mol. The molecule has 7 atom stereocenters. The summed E-state index contributed by atoms with van der Waals surface area (Å²) in [5.41, 5.74) is 0.772. The Balaban J connectivity index is 1.83. The summed E-state index contributed by atoms with van der Waals surface area (Å²) in [5.74, 6) is -1.89. The molecule has 2 bridgehead atoms. The molecule has 3 aliphatic heterocycles. The first-order valence-electron chi connectivity index (χ1n) is 13.6. The quantitative estimate of drug-likeness (QED) is 0.252. The van der Waals surface area contributed by atoms with Crippen LogP contribution in [0.3, 0.4) is 0 Å². The fraction of sp³-hybridized carbons (Fsp3) is 0.621. The number of likely N-dealkylation sites (tertiary alicyclic amines) is 1. The summed E-state index contributed by atoms with van der Waals surface area (Å²) in [5, 5.41) is 10.5. The maximum Gasteiger partial charge on any atom is 0.310 e. The number of unbranched alkanes of at least 4 members (excludes halogenated alkanes) is 2. The Hall–Kier alpha value is -2.32. The van der Waals surface area contributed by atoms with Gasteiger partial charge in [0.15, 0.2) is 0 Å². The van der Waals surface area contributed by atoms with Gasteiger partial charge < -0.3 is 19.6 Å². The highest BCUT2D eigenvalue weighted by atomic mass is 32.2. The van der Waals surface area contributed by atoms with Gasteiger partial charge in [-0.05, 0) is 31.2 Å². The van der Waals surface area contributed by atoms with Crippen molar-refractivity contribution >= 4 is 29.5 Å². The molecule has 202 valence electrons. The van der Waals surface area contributed by atoms with E-state index >= 15 is 0 Å². The van der Waals surface area contributed by atoms with E-state index < -0.39 is 28.7 Å². The van der Waals surface area contributed by atoms with Gasteiger partial charge in [-0.25, -0.2) is 0 Å². The third kappa shape index (κ3) is 4.60. The number of amides is 2. The van der Waals surface area contributed by atoms with Gasteiger partial charge in [-0.15, -0.1) is 18.3 Å². The molecule has 3 aliphatic rings. The van der Waals surface area contributed by atoms with Crippen molar-refractivity contribution in [2.45, 2.75) is 68.5 Å². The van der Waals surface area contributed by atoms with Crippen LogP contribution in [0, 0.1) is 17.8 Å². The molecule has 0 aliphatic carbocycles. The smallest absolute Gasteiger partial charge is 0.310 e. The molecule has 1 aromatic rings. The SMILES string of the molecule is C=CCN(CCCCC)C(=O)C1N([C@H](CO)c2ccccc2)C(=O)[C@@H]2[C@@H](C(=O)OCC)[C@H]3CC(C)C12S3. The van der Waals surface area contributed by atoms with E-state index in [9.17, 15) is 19.5 Å². The molecule has 3 fully saturated rings. The average Bonchev–Trinajstić information content (AvgIpc) is 3.49. The van der Waals surface area contributed by atoms with Crippen LogP contribution in [-0.2, 0) is 19.1 Å². The van der Waals surface area contributed by atoms with Crippen LogP contribution in [0.5, 0.6) is 0 Å². The Morgan fingerprint density at radius 1 is 1.30 bits per heavy atom. The van der Waals surface area contributed by atoms with Crippen LogP contribution in [0.25, 0.3) is 0 Å². The summed E-state index contributed by atoms with van der Waals surface area (Å²) in [6.07, 6.45) is 5.38. The van der Waals surface area contributed by atoms with Gasteiger partial charge in [0.05, 0.1) is 35.8 Å². The van der Waals surface area contributed by atoms with Crippen molar-refractivity contribution in [2.75, 3.05) is 26.3 Å². The molecule has 8 heteroatoms. The average molecular weight is 529 g/mol. The lowest BCUT2D eigenvalue weighted by Gasteiger charge is -2.42. The van der Waals surface area contributed by atoms with Gasteiger partial charge in [0.1, 0.15) is 6.04 Å². The number of fused-ring (bicyclic) bond motifs is 1. The molecule has 0 aromatic heterocycles. The fourth-order valence-electron chi connectivity index (χ4n) is 6.78. The van der Waals surface area contributed by atoms with Crippen molar-refractivity contribution in [3.63, 3.8) is 0 Å². The Kier molecular flexibility index (Phi) is 8.69. The molecule has 2 amide bonds. The number of nitrogens with zero attached hydrogens (tertiary/aromatic N) is 2. The lowest BCUT2D eigenvalue weighted by molar-refractivity contribution is -0.154. The minimum atomic E-state index is -0.784. The molecule has 37 heavy (non-hydrogen) atoms. The first kappa shape index (κ1) is 27.7. The number of rotatable bonds is 12. The zero-order chi connectivity index (χ0) is 26.7. The molecule has 1 N–H and O–H groups in total. The van der Waals surface area contributed by atoms with E-state index in [1.807, 2.05) is 35.2 Å². The van der Waals surface area contributed by atoms with E-state index in [-0.39, 0.29) is 42.2 Å². The summed E-state index contributed by atoms with van der Waals surface area (Å²) in [6, 6.07) is 7.91. The van der Waals surface area contributed by atoms with Gasteiger partial charge in [0, 0.05) is 18.3 Å². The zero-order valence-corrected chi connectivity index (χ0v) is 23.0. The highest BCUT2D eigenvalue weighted by molar-refractivity contribution is 8.02. The minimum Gasteiger partial charge on any atom is -0.466 e. The third-order valence-electron chi connectivity index (χ3n) is 8.36. The van der Waals surface area contributed by atoms with Crippen LogP contribution in [0.1, 0.15) is 58.1 Å². The Bertz CT molecular complexity index is 1000. The van der Waals surface area contributed by atoms with Crippen LogP contribution < -0.4 is 0 Å². The Morgan fingerprint density at radius 3 is 2.65 bits per heavy atom. The van der Waals surface area contributed by atoms with Gasteiger partial charge >= 0.3 is 5.97 Å². The summed E-state index contributed by atoms with van der Waals surface area (Å²) < 4.78 is 4.69. The van der Waals surface area contributed by atoms with E-state index in [0.717, 1.165) is 31.2 Å². The van der Waals surface area contributed by atoms with Crippen molar-refractivity contribution in [1.29, 1.82) is 0 Å². The number of carbonyl (C=O) groups is 3. The topological polar surface area (TPSA) is 87.2 Å². The van der Waals surface area contributed by atoms with Gasteiger partial charge in [0.2, 0.25) is 11.8 Å². The zero-order valence-electron chi connectivity index (χ0n) is 22.2. The highest BCUT2D eigenvalue weighted by Crippen LogP contribution is 2.69. The number of benzene rings is 1. The normalized spacial score (nSPS) is 30.8.